The molecule has 1 saturated heterocycles. The van der Waals surface area contributed by atoms with Crippen LogP contribution in [0.2, 0.25) is 0 Å². The van der Waals surface area contributed by atoms with Crippen LogP contribution in [0.3, 0.4) is 0 Å². The number of rotatable bonds is 1. The Balaban J connectivity index is 2.16. The first-order valence-corrected chi connectivity index (χ1v) is 2.00. The lowest BCUT2D eigenvalue weighted by molar-refractivity contribution is -0.129. The van der Waals surface area contributed by atoms with E-state index in [1.165, 1.54) is 0 Å². The average molecular weight is 86.1 g/mol. The molecular weight excluding hydrogens is 80.0 g/mol. The van der Waals surface area contributed by atoms with E-state index in [4.69, 9.17) is 4.74 Å². The van der Waals surface area contributed by atoms with Gasteiger partial charge in [0.2, 0.25) is 0 Å². The molecule has 0 amide bonds. The molecule has 0 unspecified atom stereocenters. The molecule has 0 N–H and O–H groups in total. The molecule has 0 aromatic carbocycles. The molecule has 2 heteroatoms. The van der Waals surface area contributed by atoms with E-state index >= 15 is 0 Å². The zero-order valence-electron chi connectivity index (χ0n) is 3.39. The van der Waals surface area contributed by atoms with Crippen molar-refractivity contribution >= 4 is 6.29 Å². The van der Waals surface area contributed by atoms with Crippen molar-refractivity contribution in [1.82, 2.24) is 0 Å². The second-order valence-electron chi connectivity index (χ2n) is 1.33. The van der Waals surface area contributed by atoms with E-state index in [-0.39, 0.29) is 6.10 Å². The minimum Gasteiger partial charge on any atom is -0.371 e. The number of ether oxygens (including phenoxy) is 1. The fourth-order valence-electron chi connectivity index (χ4n) is 0.361. The fraction of sp³-hybridized carbons (Fsp3) is 0.750. The maximum atomic E-state index is 9.66. The third kappa shape index (κ3) is 0.431. The highest BCUT2D eigenvalue weighted by molar-refractivity contribution is 5.56. The van der Waals surface area contributed by atoms with E-state index in [2.05, 4.69) is 0 Å². The van der Waals surface area contributed by atoms with Gasteiger partial charge in [-0.1, -0.05) is 0 Å². The van der Waals surface area contributed by atoms with Crippen LogP contribution >= 0.6 is 0 Å². The van der Waals surface area contributed by atoms with E-state index in [0.29, 0.717) is 0 Å². The smallest absolute Gasteiger partial charge is 0.148 e. The summed E-state index contributed by atoms with van der Waals surface area (Å²) in [6.45, 7) is 0.767. The van der Waals surface area contributed by atoms with Crippen LogP contribution < -0.4 is 0 Å². The van der Waals surface area contributed by atoms with Crippen LogP contribution in [0.1, 0.15) is 6.42 Å². The summed E-state index contributed by atoms with van der Waals surface area (Å²) in [5, 5.41) is 0. The van der Waals surface area contributed by atoms with E-state index in [1.807, 2.05) is 0 Å². The van der Waals surface area contributed by atoms with E-state index < -0.39 is 0 Å². The Morgan fingerprint density at radius 1 is 1.83 bits per heavy atom. The Bertz CT molecular complexity index is 56.6. The van der Waals surface area contributed by atoms with Gasteiger partial charge in [-0.3, -0.25) is 0 Å². The highest BCUT2D eigenvalue weighted by Crippen LogP contribution is 2.05. The van der Waals surface area contributed by atoms with Crippen LogP contribution in [0.15, 0.2) is 0 Å². The zero-order valence-corrected chi connectivity index (χ0v) is 3.39. The molecule has 2 nitrogen and oxygen atoms in total. The average Bonchev–Trinajstić information content (AvgIpc) is 1.31. The van der Waals surface area contributed by atoms with Gasteiger partial charge in [-0.15, -0.1) is 0 Å². The summed E-state index contributed by atoms with van der Waals surface area (Å²) in [5.41, 5.74) is 0. The predicted molar refractivity (Wildman–Crippen MR) is 20.4 cm³/mol. The van der Waals surface area contributed by atoms with Crippen molar-refractivity contribution in [3.63, 3.8) is 0 Å². The molecule has 0 bridgehead atoms. The molecule has 1 rings (SSSR count). The molecular formula is C4H6O2. The summed E-state index contributed by atoms with van der Waals surface area (Å²) in [7, 11) is 0. The molecule has 1 heterocycles. The lowest BCUT2D eigenvalue weighted by Crippen LogP contribution is -2.27. The number of aldehydes is 1. The Kier molecular flexibility index (Phi) is 0.881. The maximum absolute atomic E-state index is 9.66. The molecule has 0 aliphatic carbocycles. The monoisotopic (exact) mass is 86.0 g/mol. The molecule has 6 heavy (non-hydrogen) atoms. The number of carbonyl (C=O) groups excluding carboxylic acids is 1. The fourth-order valence-corrected chi connectivity index (χ4v) is 0.361. The molecule has 0 radical (unpaired) electrons. The highest BCUT2D eigenvalue weighted by atomic mass is 16.5. The first-order valence-electron chi connectivity index (χ1n) is 2.00. The summed E-state index contributed by atoms with van der Waals surface area (Å²) in [5.74, 6) is 0. The lowest BCUT2D eigenvalue weighted by atomic mass is 10.2. The van der Waals surface area contributed by atoms with Crippen LogP contribution in [0.4, 0.5) is 0 Å². The topological polar surface area (TPSA) is 26.3 Å². The number of hydrogen-bond acceptors (Lipinski definition) is 2. The largest absolute Gasteiger partial charge is 0.371 e. The third-order valence-electron chi connectivity index (χ3n) is 0.886. The lowest BCUT2D eigenvalue weighted by Gasteiger charge is -2.19. The van der Waals surface area contributed by atoms with Crippen molar-refractivity contribution in [3.05, 3.63) is 0 Å². The van der Waals surface area contributed by atoms with E-state index in [9.17, 15) is 4.79 Å². The van der Waals surface area contributed by atoms with Crippen molar-refractivity contribution in [2.75, 3.05) is 6.61 Å². The van der Waals surface area contributed by atoms with Crippen LogP contribution in [-0.4, -0.2) is 19.0 Å². The normalized spacial score (nSPS) is 31.7. The molecule has 0 saturated carbocycles. The second-order valence-corrected chi connectivity index (χ2v) is 1.33. The maximum Gasteiger partial charge on any atom is 0.148 e. The van der Waals surface area contributed by atoms with Crippen molar-refractivity contribution in [1.29, 1.82) is 0 Å². The van der Waals surface area contributed by atoms with Crippen molar-refractivity contribution in [2.45, 2.75) is 12.5 Å². The van der Waals surface area contributed by atoms with E-state index in [1.54, 1.807) is 0 Å². The third-order valence-corrected chi connectivity index (χ3v) is 0.886. The summed E-state index contributed by atoms with van der Waals surface area (Å²) in [4.78, 5) is 9.66. The van der Waals surface area contributed by atoms with Gasteiger partial charge in [0.25, 0.3) is 0 Å². The standard InChI is InChI=1S/C4H6O2/c5-3-4-1-2-6-4/h3-4H,1-2H2/t4-/m0/s1. The van der Waals surface area contributed by atoms with Crippen molar-refractivity contribution in [2.24, 2.45) is 0 Å². The van der Waals surface area contributed by atoms with Gasteiger partial charge >= 0.3 is 0 Å². The molecule has 1 fully saturated rings. The summed E-state index contributed by atoms with van der Waals surface area (Å²) < 4.78 is 4.71. The van der Waals surface area contributed by atoms with Crippen LogP contribution in [-0.2, 0) is 9.53 Å². The minimum absolute atomic E-state index is 0.0648. The Morgan fingerprint density at radius 2 is 2.50 bits per heavy atom. The number of hydrogen-bond donors (Lipinski definition) is 0. The molecule has 1 aliphatic rings. The summed E-state index contributed by atoms with van der Waals surface area (Å²) >= 11 is 0. The summed E-state index contributed by atoms with van der Waals surface area (Å²) in [6.07, 6.45) is 1.69. The molecule has 1 atom stereocenters. The van der Waals surface area contributed by atoms with Gasteiger partial charge in [-0.2, -0.15) is 0 Å². The Labute approximate surface area is 36.1 Å². The first kappa shape index (κ1) is 3.81. The van der Waals surface area contributed by atoms with E-state index in [0.717, 1.165) is 19.3 Å². The zero-order chi connectivity index (χ0) is 4.41. The highest BCUT2D eigenvalue weighted by Gasteiger charge is 2.15. The van der Waals surface area contributed by atoms with Crippen LogP contribution in [0.25, 0.3) is 0 Å². The van der Waals surface area contributed by atoms with Gasteiger partial charge < -0.3 is 9.53 Å². The first-order chi connectivity index (χ1) is 2.93. The quantitative estimate of drug-likeness (QED) is 0.419. The molecule has 1 aliphatic heterocycles. The van der Waals surface area contributed by atoms with Gasteiger partial charge in [0.05, 0.1) is 6.61 Å². The number of carbonyl (C=O) groups is 1. The second kappa shape index (κ2) is 1.39. The van der Waals surface area contributed by atoms with Gasteiger partial charge in [-0.25, -0.2) is 0 Å². The molecule has 0 spiro atoms. The Morgan fingerprint density at radius 3 is 2.50 bits per heavy atom. The van der Waals surface area contributed by atoms with Crippen molar-refractivity contribution in [3.8, 4) is 0 Å². The van der Waals surface area contributed by atoms with Gasteiger partial charge in [0.1, 0.15) is 12.4 Å². The SMILES string of the molecule is O=C[C@@H]1CCO1. The predicted octanol–water partition coefficient (Wildman–Crippen LogP) is -0.0258. The van der Waals surface area contributed by atoms with Crippen molar-refractivity contribution < 1.29 is 9.53 Å². The van der Waals surface area contributed by atoms with Crippen LogP contribution in [0, 0.1) is 0 Å². The molecule has 34 valence electrons. The molecule has 0 aromatic heterocycles. The Hall–Kier alpha value is -0.370. The molecule has 0 aromatic rings. The van der Waals surface area contributed by atoms with Gasteiger partial charge in [0, 0.05) is 6.42 Å². The van der Waals surface area contributed by atoms with Gasteiger partial charge in [-0.05, 0) is 0 Å². The van der Waals surface area contributed by atoms with Gasteiger partial charge in [0.15, 0.2) is 0 Å². The summed E-state index contributed by atoms with van der Waals surface area (Å²) in [6, 6.07) is 0. The minimum atomic E-state index is -0.0648. The van der Waals surface area contributed by atoms with Crippen LogP contribution in [0.5, 0.6) is 0 Å².